The third-order valence-electron chi connectivity index (χ3n) is 4.25. The molecule has 4 N–H and O–H groups in total. The molecule has 0 spiro atoms. The number of carbonyl (C=O) groups is 1. The smallest absolute Gasteiger partial charge is 0.254 e. The van der Waals surface area contributed by atoms with Crippen LogP contribution in [0.4, 0.5) is 5.69 Å². The number of allylic oxidation sites excluding steroid dienone is 1. The van der Waals surface area contributed by atoms with Gasteiger partial charge in [0.1, 0.15) is 11.6 Å². The number of hydrogen-bond acceptors (Lipinski definition) is 7. The predicted octanol–water partition coefficient (Wildman–Crippen LogP) is 0.737. The first-order valence-corrected chi connectivity index (χ1v) is 8.82. The summed E-state index contributed by atoms with van der Waals surface area (Å²) >= 11 is 6.05. The van der Waals surface area contributed by atoms with Crippen molar-refractivity contribution in [2.75, 3.05) is 45.7 Å². The first kappa shape index (κ1) is 18.3. The molecule has 1 aromatic rings. The summed E-state index contributed by atoms with van der Waals surface area (Å²) in [4.78, 5) is 18.8. The van der Waals surface area contributed by atoms with Crippen LogP contribution in [-0.4, -0.2) is 63.6 Å². The molecule has 2 aliphatic heterocycles. The van der Waals surface area contributed by atoms with Crippen LogP contribution in [0.1, 0.15) is 10.4 Å². The van der Waals surface area contributed by atoms with Gasteiger partial charge in [0.2, 0.25) is 0 Å². The van der Waals surface area contributed by atoms with Gasteiger partial charge in [-0.05, 0) is 18.2 Å². The highest BCUT2D eigenvalue weighted by Gasteiger charge is 2.20. The lowest BCUT2D eigenvalue weighted by atomic mass is 10.1. The molecule has 1 atom stereocenters. The molecule has 0 saturated carbocycles. The number of halogens is 1. The number of rotatable bonds is 5. The van der Waals surface area contributed by atoms with Gasteiger partial charge in [-0.15, -0.1) is 0 Å². The zero-order valence-corrected chi connectivity index (χ0v) is 15.6. The Morgan fingerprint density at radius 1 is 1.38 bits per heavy atom. The Balaban J connectivity index is 1.73. The minimum atomic E-state index is -0.399. The molecule has 9 heteroatoms. The van der Waals surface area contributed by atoms with Gasteiger partial charge in [-0.25, -0.2) is 4.99 Å². The van der Waals surface area contributed by atoms with Gasteiger partial charge in [-0.2, -0.15) is 0 Å². The van der Waals surface area contributed by atoms with E-state index in [-0.39, 0.29) is 5.91 Å². The summed E-state index contributed by atoms with van der Waals surface area (Å²) in [6.45, 7) is 3.05. The monoisotopic (exact) mass is 378 g/mol. The highest BCUT2D eigenvalue weighted by molar-refractivity contribution is 6.39. The Hall–Kier alpha value is -2.45. The molecule has 8 nitrogen and oxygen atoms in total. The van der Waals surface area contributed by atoms with E-state index in [4.69, 9.17) is 16.3 Å². The van der Waals surface area contributed by atoms with Gasteiger partial charge in [-0.3, -0.25) is 4.79 Å². The van der Waals surface area contributed by atoms with E-state index in [9.17, 15) is 4.79 Å². The van der Waals surface area contributed by atoms with E-state index in [1.54, 1.807) is 32.5 Å². The normalized spacial score (nSPS) is 19.8. The SMILES string of the molecule is CNC1=C(Cl)C=NC(Nc2ccc(C(=O)N3CCNCC3)cc2OC)N1. The number of nitrogens with one attached hydrogen (secondary N) is 4. The van der Waals surface area contributed by atoms with Crippen molar-refractivity contribution in [3.8, 4) is 5.75 Å². The molecule has 2 aliphatic rings. The lowest BCUT2D eigenvalue weighted by molar-refractivity contribution is 0.0735. The first-order valence-electron chi connectivity index (χ1n) is 8.44. The van der Waals surface area contributed by atoms with E-state index in [2.05, 4.69) is 26.3 Å². The van der Waals surface area contributed by atoms with Crippen molar-refractivity contribution in [2.45, 2.75) is 6.29 Å². The second-order valence-electron chi connectivity index (χ2n) is 5.90. The van der Waals surface area contributed by atoms with Crippen molar-refractivity contribution in [2.24, 2.45) is 4.99 Å². The lowest BCUT2D eigenvalue weighted by Gasteiger charge is -2.28. The summed E-state index contributed by atoms with van der Waals surface area (Å²) < 4.78 is 5.46. The van der Waals surface area contributed by atoms with Crippen molar-refractivity contribution in [1.82, 2.24) is 20.9 Å². The van der Waals surface area contributed by atoms with E-state index in [1.807, 2.05) is 11.0 Å². The molecular weight excluding hydrogens is 356 g/mol. The number of piperazine rings is 1. The fourth-order valence-corrected chi connectivity index (χ4v) is 3.06. The second kappa shape index (κ2) is 8.29. The molecule has 1 saturated heterocycles. The third kappa shape index (κ3) is 4.03. The summed E-state index contributed by atoms with van der Waals surface area (Å²) in [5.41, 5.74) is 1.33. The van der Waals surface area contributed by atoms with Crippen molar-refractivity contribution < 1.29 is 9.53 Å². The maximum absolute atomic E-state index is 12.6. The Bertz CT molecular complexity index is 730. The minimum absolute atomic E-state index is 0.0114. The van der Waals surface area contributed by atoms with Crippen molar-refractivity contribution in [3.63, 3.8) is 0 Å². The maximum Gasteiger partial charge on any atom is 0.254 e. The number of anilines is 1. The number of hydrogen-bond donors (Lipinski definition) is 4. The number of amides is 1. The van der Waals surface area contributed by atoms with E-state index in [0.29, 0.717) is 35.3 Å². The molecule has 0 aliphatic carbocycles. The van der Waals surface area contributed by atoms with Crippen LogP contribution in [0.5, 0.6) is 5.75 Å². The van der Waals surface area contributed by atoms with Crippen LogP contribution in [-0.2, 0) is 0 Å². The Kier molecular flexibility index (Phi) is 5.85. The van der Waals surface area contributed by atoms with E-state index in [1.165, 1.54) is 0 Å². The van der Waals surface area contributed by atoms with Crippen molar-refractivity contribution >= 4 is 29.4 Å². The molecule has 3 rings (SSSR count). The molecule has 140 valence electrons. The van der Waals surface area contributed by atoms with Crippen LogP contribution < -0.4 is 26.0 Å². The zero-order chi connectivity index (χ0) is 18.5. The van der Waals surface area contributed by atoms with Crippen LogP contribution in [0, 0.1) is 0 Å². The summed E-state index contributed by atoms with van der Waals surface area (Å²) in [7, 11) is 3.35. The lowest BCUT2D eigenvalue weighted by Crippen LogP contribution is -2.46. The van der Waals surface area contributed by atoms with E-state index < -0.39 is 6.29 Å². The number of carbonyl (C=O) groups excluding carboxylic acids is 1. The number of nitrogens with zero attached hydrogens (tertiary/aromatic N) is 2. The van der Waals surface area contributed by atoms with Crippen LogP contribution in [0.2, 0.25) is 0 Å². The maximum atomic E-state index is 12.6. The van der Waals surface area contributed by atoms with Gasteiger partial charge in [0.15, 0.2) is 6.29 Å². The fraction of sp³-hybridized carbons (Fsp3) is 0.412. The molecule has 1 fully saturated rings. The molecule has 0 aromatic heterocycles. The average Bonchev–Trinajstić information content (AvgIpc) is 2.69. The Morgan fingerprint density at radius 2 is 2.15 bits per heavy atom. The number of benzene rings is 1. The summed E-state index contributed by atoms with van der Waals surface area (Å²) in [5.74, 6) is 1.27. The summed E-state index contributed by atoms with van der Waals surface area (Å²) in [5, 5.41) is 13.1. The standard InChI is InChI=1S/C17H23ClN6O2/c1-19-15-12(18)10-21-17(23-15)22-13-4-3-11(9-14(13)26-2)16(25)24-7-5-20-6-8-24/h3-4,9-10,17,19-20,22-23H,5-8H2,1-2H3. The van der Waals surface area contributed by atoms with Crippen molar-refractivity contribution in [3.05, 3.63) is 34.6 Å². The van der Waals surface area contributed by atoms with Gasteiger partial charge >= 0.3 is 0 Å². The third-order valence-corrected chi connectivity index (χ3v) is 4.54. The fourth-order valence-electron chi connectivity index (χ4n) is 2.85. The molecule has 26 heavy (non-hydrogen) atoms. The first-order chi connectivity index (χ1) is 12.6. The molecule has 1 aromatic carbocycles. The highest BCUT2D eigenvalue weighted by Crippen LogP contribution is 2.27. The van der Waals surface area contributed by atoms with Gasteiger partial charge in [0, 0.05) is 45.0 Å². The summed E-state index contributed by atoms with van der Waals surface area (Å²) in [6, 6.07) is 5.37. The van der Waals surface area contributed by atoms with Crippen LogP contribution in [0.15, 0.2) is 34.0 Å². The number of ether oxygens (including phenoxy) is 1. The van der Waals surface area contributed by atoms with E-state index in [0.717, 1.165) is 18.8 Å². The quantitative estimate of drug-likeness (QED) is 0.604. The average molecular weight is 379 g/mol. The molecule has 0 radical (unpaired) electrons. The molecule has 0 bridgehead atoms. The van der Waals surface area contributed by atoms with Gasteiger partial charge in [0.25, 0.3) is 5.91 Å². The second-order valence-corrected chi connectivity index (χ2v) is 6.31. The molecular formula is C17H23ClN6O2. The number of aliphatic imine (C=N–C) groups is 1. The predicted molar refractivity (Wildman–Crippen MR) is 103 cm³/mol. The molecule has 2 heterocycles. The Morgan fingerprint density at radius 3 is 2.85 bits per heavy atom. The van der Waals surface area contributed by atoms with Crippen LogP contribution >= 0.6 is 11.6 Å². The highest BCUT2D eigenvalue weighted by atomic mass is 35.5. The number of methoxy groups -OCH3 is 1. The van der Waals surface area contributed by atoms with Crippen LogP contribution in [0.25, 0.3) is 0 Å². The summed E-state index contributed by atoms with van der Waals surface area (Å²) in [6.07, 6.45) is 1.18. The van der Waals surface area contributed by atoms with E-state index >= 15 is 0 Å². The van der Waals surface area contributed by atoms with Gasteiger partial charge in [-0.1, -0.05) is 11.6 Å². The largest absolute Gasteiger partial charge is 0.495 e. The zero-order valence-electron chi connectivity index (χ0n) is 14.8. The Labute approximate surface area is 157 Å². The van der Waals surface area contributed by atoms with Crippen molar-refractivity contribution in [1.29, 1.82) is 0 Å². The topological polar surface area (TPSA) is 90.0 Å². The van der Waals surface area contributed by atoms with Crippen LogP contribution in [0.3, 0.4) is 0 Å². The van der Waals surface area contributed by atoms with Gasteiger partial charge < -0.3 is 30.9 Å². The van der Waals surface area contributed by atoms with Gasteiger partial charge in [0.05, 0.1) is 17.8 Å². The minimum Gasteiger partial charge on any atom is -0.495 e. The molecule has 1 unspecified atom stereocenters. The molecule has 1 amide bonds.